The van der Waals surface area contributed by atoms with Crippen LogP contribution >= 0.6 is 0 Å². The molecule has 37 heavy (non-hydrogen) atoms. The van der Waals surface area contributed by atoms with Crippen LogP contribution in [-0.2, 0) is 4.74 Å². The van der Waals surface area contributed by atoms with Crippen LogP contribution in [0.1, 0.15) is 16.1 Å². The molecule has 3 aromatic carbocycles. The van der Waals surface area contributed by atoms with Crippen molar-refractivity contribution in [3.8, 4) is 28.3 Å². The van der Waals surface area contributed by atoms with Gasteiger partial charge in [0.1, 0.15) is 0 Å². The summed E-state index contributed by atoms with van der Waals surface area (Å²) in [4.78, 5) is 15.9. The number of hydrogen-bond acceptors (Lipinski definition) is 6. The fourth-order valence-corrected chi connectivity index (χ4v) is 4.46. The lowest BCUT2D eigenvalue weighted by Gasteiger charge is -2.29. The first-order valence-electron chi connectivity index (χ1n) is 12.2. The average molecular weight is 499 g/mol. The number of aryl methyl sites for hydroxylation is 1. The molecular weight excluding hydrogens is 468 g/mol. The van der Waals surface area contributed by atoms with Gasteiger partial charge in [0.05, 0.1) is 33.1 Å². The molecule has 0 bridgehead atoms. The van der Waals surface area contributed by atoms with E-state index in [4.69, 9.17) is 14.2 Å². The minimum atomic E-state index is -0.290. The highest BCUT2D eigenvalue weighted by Gasteiger charge is 2.21. The Kier molecular flexibility index (Phi) is 7.09. The molecule has 8 heteroatoms. The number of benzene rings is 3. The van der Waals surface area contributed by atoms with E-state index in [0.717, 1.165) is 54.5 Å². The summed E-state index contributed by atoms with van der Waals surface area (Å²) in [6.07, 6.45) is 1.86. The number of nitrogens with one attached hydrogen (secondary N) is 1. The number of hydrogen-bond donors (Lipinski definition) is 1. The number of carbonyl (C=O) groups excluding carboxylic acids is 1. The maximum Gasteiger partial charge on any atom is 0.276 e. The van der Waals surface area contributed by atoms with Crippen molar-refractivity contribution < 1.29 is 19.0 Å². The molecule has 1 aromatic heterocycles. The van der Waals surface area contributed by atoms with Gasteiger partial charge >= 0.3 is 0 Å². The number of carbonyl (C=O) groups is 1. The molecule has 5 rings (SSSR count). The Morgan fingerprint density at radius 3 is 2.38 bits per heavy atom. The number of nitrogens with zero attached hydrogens (tertiary/aromatic N) is 3. The summed E-state index contributed by atoms with van der Waals surface area (Å²) in [6.45, 7) is 5.16. The van der Waals surface area contributed by atoms with Crippen LogP contribution in [-0.4, -0.2) is 56.2 Å². The third kappa shape index (κ3) is 5.15. The van der Waals surface area contributed by atoms with E-state index in [-0.39, 0.29) is 5.91 Å². The van der Waals surface area contributed by atoms with Gasteiger partial charge in [0.15, 0.2) is 17.2 Å². The molecule has 1 amide bonds. The van der Waals surface area contributed by atoms with Gasteiger partial charge in [-0.25, -0.2) is 4.68 Å². The fraction of sp³-hybridized carbons (Fsp3) is 0.241. The summed E-state index contributed by atoms with van der Waals surface area (Å²) in [6, 6.07) is 21.4. The van der Waals surface area contributed by atoms with Gasteiger partial charge in [-0.2, -0.15) is 5.10 Å². The van der Waals surface area contributed by atoms with Crippen LogP contribution < -0.4 is 19.7 Å². The first-order chi connectivity index (χ1) is 18.1. The molecule has 0 atom stereocenters. The van der Waals surface area contributed by atoms with Crippen LogP contribution in [0.3, 0.4) is 0 Å². The van der Waals surface area contributed by atoms with Crippen LogP contribution in [0.15, 0.2) is 72.9 Å². The molecule has 1 fully saturated rings. The Bertz CT molecular complexity index is 1390. The number of ether oxygens (including phenoxy) is 3. The summed E-state index contributed by atoms with van der Waals surface area (Å²) >= 11 is 0. The van der Waals surface area contributed by atoms with E-state index in [1.54, 1.807) is 18.9 Å². The minimum Gasteiger partial charge on any atom is -0.493 e. The molecule has 0 spiro atoms. The molecule has 0 aliphatic carbocycles. The van der Waals surface area contributed by atoms with Gasteiger partial charge in [0, 0.05) is 36.2 Å². The molecule has 1 aliphatic rings. The SMILES string of the molecule is COc1ccc(-c2cn(-c3ccccc3)nc2C(=O)Nc2ccc(N3CCOCC3)cc2C)cc1OC. The summed E-state index contributed by atoms with van der Waals surface area (Å²) in [5, 5.41) is 7.75. The zero-order valence-electron chi connectivity index (χ0n) is 21.2. The highest BCUT2D eigenvalue weighted by molar-refractivity contribution is 6.07. The molecule has 0 radical (unpaired) electrons. The number of methoxy groups -OCH3 is 2. The monoisotopic (exact) mass is 498 g/mol. The predicted octanol–water partition coefficient (Wildman–Crippen LogP) is 4.95. The van der Waals surface area contributed by atoms with Crippen LogP contribution in [0.2, 0.25) is 0 Å². The Morgan fingerprint density at radius 1 is 0.919 bits per heavy atom. The van der Waals surface area contributed by atoms with Crippen molar-refractivity contribution in [2.75, 3.05) is 50.7 Å². The van der Waals surface area contributed by atoms with E-state index < -0.39 is 0 Å². The van der Waals surface area contributed by atoms with Crippen molar-refractivity contribution in [3.05, 3.63) is 84.2 Å². The fourth-order valence-electron chi connectivity index (χ4n) is 4.46. The second-order valence-electron chi connectivity index (χ2n) is 8.79. The van der Waals surface area contributed by atoms with Gasteiger partial charge in [0.2, 0.25) is 0 Å². The van der Waals surface area contributed by atoms with Crippen molar-refractivity contribution >= 4 is 17.3 Å². The third-order valence-corrected chi connectivity index (χ3v) is 6.48. The van der Waals surface area contributed by atoms with Crippen LogP contribution in [0.25, 0.3) is 16.8 Å². The first-order valence-corrected chi connectivity index (χ1v) is 12.2. The normalized spacial score (nSPS) is 13.3. The maximum atomic E-state index is 13.6. The average Bonchev–Trinajstić information content (AvgIpc) is 3.40. The Morgan fingerprint density at radius 2 is 1.68 bits per heavy atom. The van der Waals surface area contributed by atoms with Gasteiger partial charge in [-0.05, 0) is 60.5 Å². The molecule has 1 aliphatic heterocycles. The van der Waals surface area contributed by atoms with Gasteiger partial charge in [-0.1, -0.05) is 24.3 Å². The lowest BCUT2D eigenvalue weighted by molar-refractivity contribution is 0.102. The highest BCUT2D eigenvalue weighted by Crippen LogP contribution is 2.34. The van der Waals surface area contributed by atoms with Gasteiger partial charge in [-0.3, -0.25) is 4.79 Å². The number of rotatable bonds is 7. The Balaban J connectivity index is 1.49. The maximum absolute atomic E-state index is 13.6. The van der Waals surface area contributed by atoms with E-state index in [1.807, 2.05) is 73.8 Å². The third-order valence-electron chi connectivity index (χ3n) is 6.48. The quantitative estimate of drug-likeness (QED) is 0.388. The molecule has 1 saturated heterocycles. The molecular formula is C29H30N4O4. The van der Waals surface area contributed by atoms with E-state index in [0.29, 0.717) is 22.8 Å². The minimum absolute atomic E-state index is 0.290. The lowest BCUT2D eigenvalue weighted by Crippen LogP contribution is -2.36. The Hall–Kier alpha value is -4.30. The van der Waals surface area contributed by atoms with Crippen molar-refractivity contribution in [2.45, 2.75) is 6.92 Å². The van der Waals surface area contributed by atoms with Crippen molar-refractivity contribution in [1.82, 2.24) is 9.78 Å². The largest absolute Gasteiger partial charge is 0.493 e. The summed E-state index contributed by atoms with van der Waals surface area (Å²) in [5.41, 5.74) is 5.50. The van der Waals surface area contributed by atoms with E-state index in [9.17, 15) is 4.79 Å². The predicted molar refractivity (Wildman–Crippen MR) is 144 cm³/mol. The molecule has 2 heterocycles. The van der Waals surface area contributed by atoms with Crippen molar-refractivity contribution in [1.29, 1.82) is 0 Å². The molecule has 190 valence electrons. The summed E-state index contributed by atoms with van der Waals surface area (Å²) in [7, 11) is 3.18. The second-order valence-corrected chi connectivity index (χ2v) is 8.79. The highest BCUT2D eigenvalue weighted by atomic mass is 16.5. The molecule has 1 N–H and O–H groups in total. The molecule has 4 aromatic rings. The molecule has 0 unspecified atom stereocenters. The number of amides is 1. The van der Waals surface area contributed by atoms with Gasteiger partial charge in [-0.15, -0.1) is 0 Å². The van der Waals surface area contributed by atoms with Crippen molar-refractivity contribution in [2.24, 2.45) is 0 Å². The number of para-hydroxylation sites is 1. The zero-order chi connectivity index (χ0) is 25.8. The number of morpholine rings is 1. The van der Waals surface area contributed by atoms with Crippen LogP contribution in [0.5, 0.6) is 11.5 Å². The standard InChI is InChI=1S/C29H30N4O4/c1-20-17-23(32-13-15-37-16-14-32)10-11-25(20)30-29(34)28-24(19-33(31-28)22-7-5-4-6-8-22)21-9-12-26(35-2)27(18-21)36-3/h4-12,17-19H,13-16H2,1-3H3,(H,30,34). The van der Waals surface area contributed by atoms with E-state index in [1.165, 1.54) is 0 Å². The van der Waals surface area contributed by atoms with Crippen LogP contribution in [0.4, 0.5) is 11.4 Å². The zero-order valence-corrected chi connectivity index (χ0v) is 21.2. The lowest BCUT2D eigenvalue weighted by atomic mass is 10.0. The van der Waals surface area contributed by atoms with Gasteiger partial charge in [0.25, 0.3) is 5.91 Å². The van der Waals surface area contributed by atoms with E-state index >= 15 is 0 Å². The molecule has 8 nitrogen and oxygen atoms in total. The topological polar surface area (TPSA) is 77.9 Å². The Labute approximate surface area is 216 Å². The summed E-state index contributed by atoms with van der Waals surface area (Å²) in [5.74, 6) is 0.902. The van der Waals surface area contributed by atoms with Gasteiger partial charge < -0.3 is 24.4 Å². The van der Waals surface area contributed by atoms with Crippen molar-refractivity contribution in [3.63, 3.8) is 0 Å². The second kappa shape index (κ2) is 10.8. The van der Waals surface area contributed by atoms with E-state index in [2.05, 4.69) is 21.4 Å². The van der Waals surface area contributed by atoms with Crippen LogP contribution in [0, 0.1) is 6.92 Å². The summed E-state index contributed by atoms with van der Waals surface area (Å²) < 4.78 is 18.1. The number of aromatic nitrogens is 2. The molecule has 0 saturated carbocycles. The smallest absolute Gasteiger partial charge is 0.276 e. The number of anilines is 2. The first kappa shape index (κ1) is 24.4.